The van der Waals surface area contributed by atoms with Gasteiger partial charge in [-0.05, 0) is 62.4 Å². The van der Waals surface area contributed by atoms with Gasteiger partial charge in [0.15, 0.2) is 0 Å². The molecule has 1 aliphatic heterocycles. The fourth-order valence-corrected chi connectivity index (χ4v) is 3.56. The van der Waals surface area contributed by atoms with E-state index in [1.165, 1.54) is 0 Å². The zero-order chi connectivity index (χ0) is 16.6. The Balaban J connectivity index is 1.71. The van der Waals surface area contributed by atoms with E-state index in [0.29, 0.717) is 5.56 Å². The molecule has 1 aromatic rings. The summed E-state index contributed by atoms with van der Waals surface area (Å²) in [7, 11) is 3.46. The summed E-state index contributed by atoms with van der Waals surface area (Å²) < 4.78 is 0. The quantitative estimate of drug-likeness (QED) is 0.897. The van der Waals surface area contributed by atoms with Gasteiger partial charge < -0.3 is 15.5 Å². The van der Waals surface area contributed by atoms with Crippen LogP contribution >= 0.6 is 0 Å². The topological polar surface area (TPSA) is 61.4 Å². The Bertz CT molecular complexity index is 633. The number of piperidine rings is 1. The molecule has 2 N–H and O–H groups in total. The predicted molar refractivity (Wildman–Crippen MR) is 90.5 cm³/mol. The van der Waals surface area contributed by atoms with E-state index in [4.69, 9.17) is 0 Å². The lowest BCUT2D eigenvalue weighted by Crippen LogP contribution is -2.31. The molecule has 1 aliphatic carbocycles. The number of rotatable bonds is 3. The van der Waals surface area contributed by atoms with Gasteiger partial charge in [0.25, 0.3) is 5.91 Å². The molecule has 1 atom stereocenters. The first-order chi connectivity index (χ1) is 10.9. The zero-order valence-corrected chi connectivity index (χ0v) is 14.1. The molecule has 23 heavy (non-hydrogen) atoms. The van der Waals surface area contributed by atoms with Gasteiger partial charge >= 0.3 is 0 Å². The van der Waals surface area contributed by atoms with Gasteiger partial charge in [-0.3, -0.25) is 9.59 Å². The van der Waals surface area contributed by atoms with Crippen molar-refractivity contribution >= 4 is 17.5 Å². The maximum absolute atomic E-state index is 12.6. The van der Waals surface area contributed by atoms with E-state index < -0.39 is 0 Å². The highest BCUT2D eigenvalue weighted by atomic mass is 16.2. The number of carbonyl (C=O) groups excluding carboxylic acids is 2. The van der Waals surface area contributed by atoms with Crippen molar-refractivity contribution in [3.8, 4) is 0 Å². The van der Waals surface area contributed by atoms with Crippen LogP contribution in [0.4, 0.5) is 5.69 Å². The maximum Gasteiger partial charge on any atom is 0.253 e. The number of carbonyl (C=O) groups is 2. The Hall–Kier alpha value is -1.88. The summed E-state index contributed by atoms with van der Waals surface area (Å²) in [6.07, 6.45) is 3.17. The second kappa shape index (κ2) is 5.96. The Morgan fingerprint density at radius 2 is 1.96 bits per heavy atom. The monoisotopic (exact) mass is 315 g/mol. The van der Waals surface area contributed by atoms with Crippen LogP contribution in [0.1, 0.15) is 35.2 Å². The fourth-order valence-electron chi connectivity index (χ4n) is 3.56. The number of hydrogen-bond acceptors (Lipinski definition) is 3. The van der Waals surface area contributed by atoms with Gasteiger partial charge in [0.1, 0.15) is 0 Å². The van der Waals surface area contributed by atoms with Crippen LogP contribution in [0, 0.1) is 18.3 Å². The third-order valence-electron chi connectivity index (χ3n) is 5.25. The van der Waals surface area contributed by atoms with Crippen LogP contribution in [0.5, 0.6) is 0 Å². The smallest absolute Gasteiger partial charge is 0.253 e. The van der Waals surface area contributed by atoms with Gasteiger partial charge in [0, 0.05) is 31.3 Å². The summed E-state index contributed by atoms with van der Waals surface area (Å²) in [6, 6.07) is 5.48. The van der Waals surface area contributed by atoms with E-state index in [-0.39, 0.29) is 23.1 Å². The molecule has 0 bridgehead atoms. The van der Waals surface area contributed by atoms with Crippen LogP contribution < -0.4 is 10.6 Å². The number of hydrogen-bond donors (Lipinski definition) is 2. The minimum Gasteiger partial charge on any atom is -0.345 e. The molecule has 2 aliphatic rings. The van der Waals surface area contributed by atoms with Gasteiger partial charge in [-0.15, -0.1) is 0 Å². The molecular weight excluding hydrogens is 290 g/mol. The Morgan fingerprint density at radius 3 is 2.61 bits per heavy atom. The third-order valence-corrected chi connectivity index (χ3v) is 5.25. The van der Waals surface area contributed by atoms with E-state index >= 15 is 0 Å². The molecule has 5 heteroatoms. The van der Waals surface area contributed by atoms with Crippen molar-refractivity contribution in [2.75, 3.05) is 32.5 Å². The normalized spacial score (nSPS) is 21.8. The second-order valence-corrected chi connectivity index (χ2v) is 7.09. The molecule has 1 spiro atoms. The van der Waals surface area contributed by atoms with E-state index in [1.807, 2.05) is 13.0 Å². The van der Waals surface area contributed by atoms with Crippen molar-refractivity contribution in [3.63, 3.8) is 0 Å². The first-order valence-electron chi connectivity index (χ1n) is 8.27. The minimum atomic E-state index is -0.0539. The minimum absolute atomic E-state index is 0.0539. The van der Waals surface area contributed by atoms with Crippen molar-refractivity contribution in [2.45, 2.75) is 26.2 Å². The van der Waals surface area contributed by atoms with Crippen LogP contribution in [0.2, 0.25) is 0 Å². The molecule has 3 rings (SSSR count). The number of anilines is 1. The highest BCUT2D eigenvalue weighted by Crippen LogP contribution is 2.58. The summed E-state index contributed by atoms with van der Waals surface area (Å²) in [5, 5.41) is 6.40. The standard InChI is InChI=1S/C18H25N3O2/c1-12-4-5-13(17(23)21(2)3)10-15(12)20-16(22)14-11-18(14)6-8-19-9-7-18/h4-5,10,14,19H,6-9,11H2,1-3H3,(H,20,22). The Labute approximate surface area is 137 Å². The highest BCUT2D eigenvalue weighted by Gasteiger charge is 2.57. The lowest BCUT2D eigenvalue weighted by Gasteiger charge is -2.23. The van der Waals surface area contributed by atoms with Crippen LogP contribution in [0.15, 0.2) is 18.2 Å². The molecule has 0 radical (unpaired) electrons. The number of nitrogens with zero attached hydrogens (tertiary/aromatic N) is 1. The summed E-state index contributed by atoms with van der Waals surface area (Å²) >= 11 is 0. The summed E-state index contributed by atoms with van der Waals surface area (Å²) in [4.78, 5) is 26.2. The summed E-state index contributed by atoms with van der Waals surface area (Å²) in [5.74, 6) is 0.170. The van der Waals surface area contributed by atoms with Gasteiger partial charge in [0.05, 0.1) is 0 Å². The zero-order valence-electron chi connectivity index (χ0n) is 14.1. The molecular formula is C18H25N3O2. The van der Waals surface area contributed by atoms with Crippen LogP contribution in [0.3, 0.4) is 0 Å². The molecule has 2 fully saturated rings. The maximum atomic E-state index is 12.6. The van der Waals surface area contributed by atoms with Crippen LogP contribution in [0.25, 0.3) is 0 Å². The molecule has 124 valence electrons. The van der Waals surface area contributed by atoms with Crippen molar-refractivity contribution in [1.29, 1.82) is 0 Å². The van der Waals surface area contributed by atoms with Gasteiger partial charge in [-0.25, -0.2) is 0 Å². The Morgan fingerprint density at radius 1 is 1.26 bits per heavy atom. The molecule has 1 saturated heterocycles. The molecule has 1 aromatic carbocycles. The predicted octanol–water partition coefficient (Wildman–Crippen LogP) is 2.03. The Kier molecular flexibility index (Phi) is 4.15. The molecule has 2 amide bonds. The largest absolute Gasteiger partial charge is 0.345 e. The molecule has 1 unspecified atom stereocenters. The first-order valence-corrected chi connectivity index (χ1v) is 8.27. The summed E-state index contributed by atoms with van der Waals surface area (Å²) in [5.41, 5.74) is 2.55. The first kappa shape index (κ1) is 16.0. The molecule has 1 saturated carbocycles. The SMILES string of the molecule is Cc1ccc(C(=O)N(C)C)cc1NC(=O)C1CC12CCNCC2. The van der Waals surface area contributed by atoms with Crippen LogP contribution in [-0.2, 0) is 4.79 Å². The van der Waals surface area contributed by atoms with Gasteiger partial charge in [-0.2, -0.15) is 0 Å². The lowest BCUT2D eigenvalue weighted by atomic mass is 9.91. The fraction of sp³-hybridized carbons (Fsp3) is 0.556. The summed E-state index contributed by atoms with van der Waals surface area (Å²) in [6.45, 7) is 3.97. The van der Waals surface area contributed by atoms with E-state index in [9.17, 15) is 9.59 Å². The average Bonchev–Trinajstić information content (AvgIpc) is 3.22. The molecule has 1 heterocycles. The number of aryl methyl sites for hydroxylation is 1. The van der Waals surface area contributed by atoms with Crippen LogP contribution in [-0.4, -0.2) is 43.9 Å². The van der Waals surface area contributed by atoms with Crippen molar-refractivity contribution in [1.82, 2.24) is 10.2 Å². The van der Waals surface area contributed by atoms with E-state index in [0.717, 1.165) is 43.6 Å². The lowest BCUT2D eigenvalue weighted by molar-refractivity contribution is -0.118. The van der Waals surface area contributed by atoms with Crippen molar-refractivity contribution in [2.24, 2.45) is 11.3 Å². The van der Waals surface area contributed by atoms with E-state index in [1.54, 1.807) is 31.1 Å². The van der Waals surface area contributed by atoms with Crippen molar-refractivity contribution in [3.05, 3.63) is 29.3 Å². The van der Waals surface area contributed by atoms with E-state index in [2.05, 4.69) is 10.6 Å². The second-order valence-electron chi connectivity index (χ2n) is 7.09. The highest BCUT2D eigenvalue weighted by molar-refractivity contribution is 5.99. The van der Waals surface area contributed by atoms with Crippen molar-refractivity contribution < 1.29 is 9.59 Å². The number of nitrogens with one attached hydrogen (secondary N) is 2. The molecule has 5 nitrogen and oxygen atoms in total. The van der Waals surface area contributed by atoms with Gasteiger partial charge in [-0.1, -0.05) is 6.07 Å². The van der Waals surface area contributed by atoms with Gasteiger partial charge in [0.2, 0.25) is 5.91 Å². The average molecular weight is 315 g/mol. The molecule has 0 aromatic heterocycles. The number of benzene rings is 1. The third kappa shape index (κ3) is 3.11. The number of amides is 2.